The highest BCUT2D eigenvalue weighted by molar-refractivity contribution is 7.80. The lowest BCUT2D eigenvalue weighted by Crippen LogP contribution is -2.14. The number of rotatable bonds is 2. The summed E-state index contributed by atoms with van der Waals surface area (Å²) in [5, 5.41) is 0. The summed E-state index contributed by atoms with van der Waals surface area (Å²) in [6.07, 6.45) is 0. The van der Waals surface area contributed by atoms with Gasteiger partial charge in [0.05, 0.1) is 0 Å². The van der Waals surface area contributed by atoms with Crippen LogP contribution >= 0.6 is 0 Å². The molecule has 0 saturated heterocycles. The Morgan fingerprint density at radius 3 is 2.14 bits per heavy atom. The highest BCUT2D eigenvalue weighted by Crippen LogP contribution is 1.74. The van der Waals surface area contributed by atoms with Crippen molar-refractivity contribution in [3.05, 3.63) is 0 Å². The fourth-order valence-electron chi connectivity index (χ4n) is 0.102. The lowest BCUT2D eigenvalue weighted by molar-refractivity contribution is 0.192. The standard InChI is InChI=1S/CH5NO4S/c1-2-6-7(3,4)5/h2H,1H3,(H,3,4,5)/p-1. The summed E-state index contributed by atoms with van der Waals surface area (Å²) in [6.45, 7) is 0. The van der Waals surface area contributed by atoms with Crippen molar-refractivity contribution >= 4 is 10.4 Å². The fraction of sp³-hybridized carbons (Fsp3) is 1.00. The molecule has 0 radical (unpaired) electrons. The third-order valence-electron chi connectivity index (χ3n) is 0.185. The Bertz CT molecular complexity index is 125. The first kappa shape index (κ1) is 6.83. The van der Waals surface area contributed by atoms with Crippen LogP contribution in [0.15, 0.2) is 0 Å². The van der Waals surface area contributed by atoms with Crippen molar-refractivity contribution in [3.63, 3.8) is 0 Å². The van der Waals surface area contributed by atoms with Crippen LogP contribution in [-0.2, 0) is 14.7 Å². The van der Waals surface area contributed by atoms with Crippen LogP contribution in [0.4, 0.5) is 0 Å². The van der Waals surface area contributed by atoms with Gasteiger partial charge in [-0.05, 0) is 0 Å². The van der Waals surface area contributed by atoms with Gasteiger partial charge in [-0.15, -0.1) is 0 Å². The van der Waals surface area contributed by atoms with Gasteiger partial charge in [0.15, 0.2) is 0 Å². The molecule has 0 rings (SSSR count). The summed E-state index contributed by atoms with van der Waals surface area (Å²) in [6, 6.07) is 0. The van der Waals surface area contributed by atoms with Gasteiger partial charge >= 0.3 is 0 Å². The molecule has 0 spiro atoms. The molecule has 0 bridgehead atoms. The Hall–Kier alpha value is -0.170. The lowest BCUT2D eigenvalue weighted by atomic mass is 11.6. The minimum atomic E-state index is -4.54. The van der Waals surface area contributed by atoms with E-state index in [1.54, 1.807) is 5.48 Å². The van der Waals surface area contributed by atoms with Gasteiger partial charge in [-0.2, -0.15) is 9.76 Å². The highest BCUT2D eigenvalue weighted by Gasteiger charge is 1.85. The fourth-order valence-corrected chi connectivity index (χ4v) is 0.306. The number of hydroxylamine groups is 1. The lowest BCUT2D eigenvalue weighted by Gasteiger charge is -2.02. The number of hydrogen-bond donors (Lipinski definition) is 1. The van der Waals surface area contributed by atoms with Gasteiger partial charge in [-0.3, -0.25) is 0 Å². The molecule has 0 aromatic carbocycles. The van der Waals surface area contributed by atoms with Gasteiger partial charge in [0.2, 0.25) is 10.4 Å². The van der Waals surface area contributed by atoms with Crippen LogP contribution < -0.4 is 5.48 Å². The van der Waals surface area contributed by atoms with Crippen LogP contribution in [0, 0.1) is 0 Å². The van der Waals surface area contributed by atoms with Crippen LogP contribution in [0.2, 0.25) is 0 Å². The van der Waals surface area contributed by atoms with Gasteiger partial charge in [0.25, 0.3) is 0 Å². The molecule has 1 N–H and O–H groups in total. The van der Waals surface area contributed by atoms with Crippen molar-refractivity contribution in [2.24, 2.45) is 0 Å². The maximum Gasteiger partial charge on any atom is 0.234 e. The van der Waals surface area contributed by atoms with Crippen molar-refractivity contribution in [1.82, 2.24) is 5.48 Å². The molecule has 0 fully saturated rings. The van der Waals surface area contributed by atoms with Gasteiger partial charge in [-0.1, -0.05) is 0 Å². The zero-order valence-electron chi connectivity index (χ0n) is 3.54. The zero-order valence-corrected chi connectivity index (χ0v) is 4.36. The van der Waals surface area contributed by atoms with Crippen molar-refractivity contribution in [2.45, 2.75) is 0 Å². The zero-order chi connectivity index (χ0) is 5.91. The maximum atomic E-state index is 9.39. The third-order valence-corrected chi connectivity index (χ3v) is 0.556. The van der Waals surface area contributed by atoms with E-state index in [2.05, 4.69) is 4.28 Å². The molecule has 0 heterocycles. The van der Waals surface area contributed by atoms with E-state index in [9.17, 15) is 13.0 Å². The Labute approximate surface area is 41.2 Å². The first-order chi connectivity index (χ1) is 3.06. The Balaban J connectivity index is 3.60. The van der Waals surface area contributed by atoms with Crippen molar-refractivity contribution in [1.29, 1.82) is 0 Å². The van der Waals surface area contributed by atoms with E-state index in [0.29, 0.717) is 0 Å². The minimum absolute atomic E-state index is 1.18. The summed E-state index contributed by atoms with van der Waals surface area (Å²) >= 11 is 0. The van der Waals surface area contributed by atoms with Crippen LogP contribution in [0.25, 0.3) is 0 Å². The predicted octanol–water partition coefficient (Wildman–Crippen LogP) is -1.40. The molecule has 6 heteroatoms. The molecule has 44 valence electrons. The molecule has 0 amide bonds. The smallest absolute Gasteiger partial charge is 0.234 e. The quantitative estimate of drug-likeness (QED) is 0.279. The average molecular weight is 126 g/mol. The van der Waals surface area contributed by atoms with Gasteiger partial charge in [0.1, 0.15) is 0 Å². The molecule has 0 atom stereocenters. The molecule has 0 aliphatic heterocycles. The van der Waals surface area contributed by atoms with Crippen molar-refractivity contribution in [3.8, 4) is 0 Å². The third kappa shape index (κ3) is 5.83. The summed E-state index contributed by atoms with van der Waals surface area (Å²) in [5.74, 6) is 0. The van der Waals surface area contributed by atoms with Gasteiger partial charge in [0, 0.05) is 7.05 Å². The summed E-state index contributed by atoms with van der Waals surface area (Å²) in [4.78, 5) is 0. The Morgan fingerprint density at radius 2 is 2.14 bits per heavy atom. The van der Waals surface area contributed by atoms with Crippen LogP contribution in [0.5, 0.6) is 0 Å². The van der Waals surface area contributed by atoms with E-state index in [1.165, 1.54) is 7.05 Å². The van der Waals surface area contributed by atoms with Crippen LogP contribution in [0.3, 0.4) is 0 Å². The molecular weight excluding hydrogens is 122 g/mol. The average Bonchev–Trinajstić information content (AvgIpc) is 1.30. The van der Waals surface area contributed by atoms with E-state index >= 15 is 0 Å². The molecule has 0 unspecified atom stereocenters. The molecule has 7 heavy (non-hydrogen) atoms. The molecular formula is CH4NO4S-. The van der Waals surface area contributed by atoms with Crippen LogP contribution in [0.1, 0.15) is 0 Å². The van der Waals surface area contributed by atoms with Gasteiger partial charge < -0.3 is 4.55 Å². The first-order valence-corrected chi connectivity index (χ1v) is 2.70. The maximum absolute atomic E-state index is 9.39. The SMILES string of the molecule is CNOS(=O)(=O)[O-]. The van der Waals surface area contributed by atoms with E-state index in [0.717, 1.165) is 0 Å². The van der Waals surface area contributed by atoms with E-state index < -0.39 is 10.4 Å². The minimum Gasteiger partial charge on any atom is -0.724 e. The second-order valence-electron chi connectivity index (χ2n) is 0.696. The summed E-state index contributed by atoms with van der Waals surface area (Å²) in [5.41, 5.74) is 1.71. The van der Waals surface area contributed by atoms with E-state index in [1.807, 2.05) is 0 Å². The summed E-state index contributed by atoms with van der Waals surface area (Å²) in [7, 11) is -3.36. The normalized spacial score (nSPS) is 11.7. The monoisotopic (exact) mass is 126 g/mol. The van der Waals surface area contributed by atoms with Crippen LogP contribution in [-0.4, -0.2) is 20.0 Å². The predicted molar refractivity (Wildman–Crippen MR) is 19.8 cm³/mol. The molecule has 0 aliphatic rings. The first-order valence-electron chi connectivity index (χ1n) is 1.37. The number of hydrogen-bond acceptors (Lipinski definition) is 5. The molecule has 0 aromatic heterocycles. The molecule has 5 nitrogen and oxygen atoms in total. The number of nitrogens with one attached hydrogen (secondary N) is 1. The van der Waals surface area contributed by atoms with Crippen molar-refractivity contribution < 1.29 is 17.3 Å². The second kappa shape index (κ2) is 2.22. The molecule has 0 aliphatic carbocycles. The largest absolute Gasteiger partial charge is 0.724 e. The molecule has 0 aromatic rings. The highest BCUT2D eigenvalue weighted by atomic mass is 32.3. The second-order valence-corrected chi connectivity index (χ2v) is 1.68. The van der Waals surface area contributed by atoms with E-state index in [4.69, 9.17) is 0 Å². The van der Waals surface area contributed by atoms with Crippen molar-refractivity contribution in [2.75, 3.05) is 7.05 Å². The Kier molecular flexibility index (Phi) is 2.16. The Morgan fingerprint density at radius 1 is 1.71 bits per heavy atom. The topological polar surface area (TPSA) is 78.5 Å². The molecule has 0 saturated carbocycles. The summed E-state index contributed by atoms with van der Waals surface area (Å²) < 4.78 is 31.6. The van der Waals surface area contributed by atoms with Gasteiger partial charge in [-0.25, -0.2) is 8.42 Å². The van der Waals surface area contributed by atoms with E-state index in [-0.39, 0.29) is 0 Å².